The fourth-order valence-electron chi connectivity index (χ4n) is 2.29. The topological polar surface area (TPSA) is 83.1 Å². The SMILES string of the molecule is O=C1CC(S(=O)(=O)F)CN1c1ncc(-c2ccc(Br)cc2)[nH]1. The minimum Gasteiger partial charge on any atom is -0.324 e. The second-order valence-corrected chi connectivity index (χ2v) is 7.47. The van der Waals surface area contributed by atoms with Crippen molar-refractivity contribution in [2.45, 2.75) is 11.7 Å². The van der Waals surface area contributed by atoms with Crippen LogP contribution < -0.4 is 4.90 Å². The number of aromatic nitrogens is 2. The molecular weight excluding hydrogens is 377 g/mol. The smallest absolute Gasteiger partial charge is 0.307 e. The van der Waals surface area contributed by atoms with Crippen molar-refractivity contribution >= 4 is 38.0 Å². The van der Waals surface area contributed by atoms with Crippen LogP contribution in [0, 0.1) is 0 Å². The first-order valence-electron chi connectivity index (χ1n) is 6.39. The number of carbonyl (C=O) groups excluding carboxylic acids is 1. The van der Waals surface area contributed by atoms with E-state index >= 15 is 0 Å². The molecule has 1 aliphatic heterocycles. The van der Waals surface area contributed by atoms with Gasteiger partial charge in [-0.05, 0) is 17.7 Å². The first-order chi connectivity index (χ1) is 10.3. The zero-order valence-corrected chi connectivity index (χ0v) is 13.6. The standard InChI is InChI=1S/C13H11BrFN3O3S/c14-9-3-1-8(2-4-9)11-6-16-13(17-11)18-7-10(5-12(18)19)22(15,20)21/h1-4,6,10H,5,7H2,(H,16,17). The maximum absolute atomic E-state index is 13.0. The molecule has 0 bridgehead atoms. The highest BCUT2D eigenvalue weighted by Crippen LogP contribution is 2.26. The normalized spacial score (nSPS) is 18.9. The molecule has 2 heterocycles. The third kappa shape index (κ3) is 2.91. The van der Waals surface area contributed by atoms with Crippen molar-refractivity contribution in [2.75, 3.05) is 11.4 Å². The van der Waals surface area contributed by atoms with Crippen LogP contribution in [0.25, 0.3) is 11.3 Å². The molecule has 0 spiro atoms. The minimum atomic E-state index is -4.74. The van der Waals surface area contributed by atoms with Gasteiger partial charge in [-0.25, -0.2) is 4.98 Å². The van der Waals surface area contributed by atoms with E-state index in [1.54, 1.807) is 6.20 Å². The highest BCUT2D eigenvalue weighted by Gasteiger charge is 2.40. The van der Waals surface area contributed by atoms with Gasteiger partial charge in [-0.1, -0.05) is 28.1 Å². The molecule has 2 aromatic rings. The molecule has 0 saturated carbocycles. The summed E-state index contributed by atoms with van der Waals surface area (Å²) in [7, 11) is -4.74. The van der Waals surface area contributed by atoms with E-state index in [0.717, 1.165) is 14.9 Å². The summed E-state index contributed by atoms with van der Waals surface area (Å²) >= 11 is 3.34. The maximum atomic E-state index is 13.0. The van der Waals surface area contributed by atoms with E-state index in [2.05, 4.69) is 25.9 Å². The molecule has 1 unspecified atom stereocenters. The van der Waals surface area contributed by atoms with Crippen LogP contribution in [0.4, 0.5) is 9.83 Å². The first kappa shape index (κ1) is 15.2. The fourth-order valence-corrected chi connectivity index (χ4v) is 3.23. The molecule has 1 aromatic heterocycles. The maximum Gasteiger partial charge on any atom is 0.307 e. The van der Waals surface area contributed by atoms with Gasteiger partial charge in [0.2, 0.25) is 11.9 Å². The summed E-state index contributed by atoms with van der Waals surface area (Å²) in [6.45, 7) is -0.231. The fraction of sp³-hybridized carbons (Fsp3) is 0.231. The predicted octanol–water partition coefficient (Wildman–Crippen LogP) is 2.24. The Labute approximate surface area is 134 Å². The monoisotopic (exact) mass is 387 g/mol. The van der Waals surface area contributed by atoms with Crippen molar-refractivity contribution in [1.82, 2.24) is 9.97 Å². The first-order valence-corrected chi connectivity index (χ1v) is 8.63. The number of imidazole rings is 1. The lowest BCUT2D eigenvalue weighted by Gasteiger charge is -2.11. The van der Waals surface area contributed by atoms with Gasteiger partial charge < -0.3 is 4.98 Å². The zero-order valence-electron chi connectivity index (χ0n) is 11.2. The van der Waals surface area contributed by atoms with Gasteiger partial charge in [0.25, 0.3) is 0 Å². The number of rotatable bonds is 3. The van der Waals surface area contributed by atoms with Gasteiger partial charge in [0, 0.05) is 17.4 Å². The number of hydrogen-bond acceptors (Lipinski definition) is 4. The van der Waals surface area contributed by atoms with Crippen molar-refractivity contribution in [3.8, 4) is 11.3 Å². The largest absolute Gasteiger partial charge is 0.324 e. The number of nitrogens with zero attached hydrogens (tertiary/aromatic N) is 2. The van der Waals surface area contributed by atoms with E-state index in [4.69, 9.17) is 0 Å². The van der Waals surface area contributed by atoms with Gasteiger partial charge in [0.15, 0.2) is 0 Å². The second-order valence-electron chi connectivity index (χ2n) is 4.93. The molecule has 1 aromatic carbocycles. The van der Waals surface area contributed by atoms with Gasteiger partial charge >= 0.3 is 10.2 Å². The van der Waals surface area contributed by atoms with Crippen molar-refractivity contribution in [3.63, 3.8) is 0 Å². The molecule has 1 atom stereocenters. The van der Waals surface area contributed by atoms with Crippen LogP contribution in [0.1, 0.15) is 6.42 Å². The van der Waals surface area contributed by atoms with Crippen molar-refractivity contribution < 1.29 is 17.1 Å². The van der Waals surface area contributed by atoms with Gasteiger partial charge in [-0.3, -0.25) is 9.69 Å². The number of H-pyrrole nitrogens is 1. The quantitative estimate of drug-likeness (QED) is 0.818. The number of aromatic amines is 1. The van der Waals surface area contributed by atoms with Crippen LogP contribution in [0.15, 0.2) is 34.9 Å². The van der Waals surface area contributed by atoms with E-state index in [1.165, 1.54) is 0 Å². The molecule has 0 radical (unpaired) electrons. The molecule has 1 aliphatic rings. The predicted molar refractivity (Wildman–Crippen MR) is 82.5 cm³/mol. The minimum absolute atomic E-state index is 0.217. The Morgan fingerprint density at radius 3 is 2.59 bits per heavy atom. The summed E-state index contributed by atoms with van der Waals surface area (Å²) in [5, 5.41) is -1.33. The second kappa shape index (κ2) is 5.47. The van der Waals surface area contributed by atoms with E-state index < -0.39 is 21.4 Å². The molecule has 0 aliphatic carbocycles. The number of amides is 1. The molecular formula is C13H11BrFN3O3S. The van der Waals surface area contributed by atoms with Crippen LogP contribution in [0.2, 0.25) is 0 Å². The third-order valence-corrected chi connectivity index (χ3v) is 5.10. The Bertz CT molecular complexity index is 819. The number of carbonyl (C=O) groups is 1. The highest BCUT2D eigenvalue weighted by molar-refractivity contribution is 9.10. The number of benzene rings is 1. The van der Waals surface area contributed by atoms with Crippen molar-refractivity contribution in [3.05, 3.63) is 34.9 Å². The Morgan fingerprint density at radius 1 is 1.32 bits per heavy atom. The molecule has 1 saturated heterocycles. The summed E-state index contributed by atoms with van der Waals surface area (Å²) in [6, 6.07) is 7.45. The van der Waals surface area contributed by atoms with Crippen LogP contribution in [0.3, 0.4) is 0 Å². The summed E-state index contributed by atoms with van der Waals surface area (Å²) in [6.07, 6.45) is 1.18. The van der Waals surface area contributed by atoms with Gasteiger partial charge in [0.1, 0.15) is 5.25 Å². The van der Waals surface area contributed by atoms with Gasteiger partial charge in [0.05, 0.1) is 11.9 Å². The molecule has 9 heteroatoms. The molecule has 3 rings (SSSR count). The summed E-state index contributed by atoms with van der Waals surface area (Å²) < 4.78 is 35.8. The van der Waals surface area contributed by atoms with E-state index in [0.29, 0.717) is 5.69 Å². The lowest BCUT2D eigenvalue weighted by molar-refractivity contribution is -0.117. The van der Waals surface area contributed by atoms with Crippen LogP contribution >= 0.6 is 15.9 Å². The van der Waals surface area contributed by atoms with E-state index in [-0.39, 0.29) is 18.9 Å². The number of nitrogens with one attached hydrogen (secondary N) is 1. The lowest BCUT2D eigenvalue weighted by atomic mass is 10.2. The molecule has 116 valence electrons. The summed E-state index contributed by atoms with van der Waals surface area (Å²) in [5.74, 6) is -0.253. The average Bonchev–Trinajstić information content (AvgIpc) is 3.05. The summed E-state index contributed by atoms with van der Waals surface area (Å²) in [5.41, 5.74) is 1.55. The van der Waals surface area contributed by atoms with E-state index in [1.807, 2.05) is 24.3 Å². The molecule has 1 fully saturated rings. The Balaban J connectivity index is 1.85. The Morgan fingerprint density at radius 2 is 2.00 bits per heavy atom. The zero-order chi connectivity index (χ0) is 15.9. The number of anilines is 1. The van der Waals surface area contributed by atoms with Gasteiger partial charge in [-0.2, -0.15) is 8.42 Å². The Kier molecular flexibility index (Phi) is 3.77. The lowest BCUT2D eigenvalue weighted by Crippen LogP contribution is -2.27. The Hall–Kier alpha value is -1.74. The van der Waals surface area contributed by atoms with E-state index in [9.17, 15) is 17.1 Å². The van der Waals surface area contributed by atoms with Gasteiger partial charge in [-0.15, -0.1) is 3.89 Å². The number of hydrogen-bond donors (Lipinski definition) is 1. The van der Waals surface area contributed by atoms with Crippen LogP contribution in [-0.2, 0) is 15.0 Å². The van der Waals surface area contributed by atoms with Crippen LogP contribution in [-0.4, -0.2) is 36.1 Å². The van der Waals surface area contributed by atoms with Crippen molar-refractivity contribution in [2.24, 2.45) is 0 Å². The molecule has 1 N–H and O–H groups in total. The molecule has 1 amide bonds. The molecule has 22 heavy (non-hydrogen) atoms. The third-order valence-electron chi connectivity index (χ3n) is 3.46. The van der Waals surface area contributed by atoms with Crippen molar-refractivity contribution in [1.29, 1.82) is 0 Å². The summed E-state index contributed by atoms with van der Waals surface area (Å²) in [4.78, 5) is 20.0. The highest BCUT2D eigenvalue weighted by atomic mass is 79.9. The average molecular weight is 388 g/mol. The van der Waals surface area contributed by atoms with Crippen LogP contribution in [0.5, 0.6) is 0 Å². The number of halogens is 2. The molecule has 6 nitrogen and oxygen atoms in total.